The van der Waals surface area contributed by atoms with E-state index < -0.39 is 7.12 Å². The van der Waals surface area contributed by atoms with Crippen molar-refractivity contribution in [1.29, 1.82) is 0 Å². The van der Waals surface area contributed by atoms with Gasteiger partial charge in [-0.1, -0.05) is 36.4 Å². The Morgan fingerprint density at radius 2 is 1.92 bits per heavy atom. The van der Waals surface area contributed by atoms with Gasteiger partial charge in [0.15, 0.2) is 0 Å². The molecule has 0 aliphatic heterocycles. The Labute approximate surface area is 78.7 Å². The molecule has 2 N–H and O–H groups in total. The van der Waals surface area contributed by atoms with Gasteiger partial charge >= 0.3 is 7.12 Å². The minimum absolute atomic E-state index is 0.278. The summed E-state index contributed by atoms with van der Waals surface area (Å²) in [6.07, 6.45) is 2.10. The molecule has 0 aliphatic carbocycles. The predicted molar refractivity (Wildman–Crippen MR) is 55.1 cm³/mol. The molecule has 3 heteroatoms. The summed E-state index contributed by atoms with van der Waals surface area (Å²) in [5.74, 6) is 0. The van der Waals surface area contributed by atoms with Crippen LogP contribution in [-0.4, -0.2) is 17.2 Å². The molecule has 0 saturated heterocycles. The van der Waals surface area contributed by atoms with Crippen LogP contribution in [-0.2, 0) is 0 Å². The van der Waals surface area contributed by atoms with Crippen LogP contribution in [0.25, 0.3) is 5.57 Å². The summed E-state index contributed by atoms with van der Waals surface area (Å²) >= 11 is 0. The molecule has 0 bridgehead atoms. The predicted octanol–water partition coefficient (Wildman–Crippen LogP) is 1.56. The van der Waals surface area contributed by atoms with Gasteiger partial charge in [0.25, 0.3) is 0 Å². The van der Waals surface area contributed by atoms with E-state index in [4.69, 9.17) is 10.0 Å². The van der Waals surface area contributed by atoms with Gasteiger partial charge < -0.3 is 10.0 Å². The van der Waals surface area contributed by atoms with Gasteiger partial charge in [0, 0.05) is 6.32 Å². The Kier molecular flexibility index (Phi) is 3.74. The van der Waals surface area contributed by atoms with Crippen molar-refractivity contribution in [3.05, 3.63) is 42.0 Å². The lowest BCUT2D eigenvalue weighted by Gasteiger charge is -2.00. The van der Waals surface area contributed by atoms with E-state index in [0.717, 1.165) is 11.1 Å². The van der Waals surface area contributed by atoms with Crippen molar-refractivity contribution in [2.24, 2.45) is 0 Å². The molecule has 0 aliphatic rings. The fourth-order valence-corrected chi connectivity index (χ4v) is 1.10. The summed E-state index contributed by atoms with van der Waals surface area (Å²) < 4.78 is 0. The number of hydrogen-bond acceptors (Lipinski definition) is 2. The first-order valence-corrected chi connectivity index (χ1v) is 4.28. The van der Waals surface area contributed by atoms with Crippen LogP contribution in [0.2, 0.25) is 6.32 Å². The molecule has 0 atom stereocenters. The zero-order valence-electron chi connectivity index (χ0n) is 7.64. The highest BCUT2D eigenvalue weighted by molar-refractivity contribution is 6.41. The lowest BCUT2D eigenvalue weighted by molar-refractivity contribution is 0.411. The molecular weight excluding hydrogens is 163 g/mol. The first-order valence-electron chi connectivity index (χ1n) is 4.28. The highest BCUT2D eigenvalue weighted by Crippen LogP contribution is 2.13. The fraction of sp³-hybridized carbons (Fsp3) is 0.200. The van der Waals surface area contributed by atoms with Crippen molar-refractivity contribution in [3.63, 3.8) is 0 Å². The average molecular weight is 176 g/mol. The van der Waals surface area contributed by atoms with Gasteiger partial charge in [0.2, 0.25) is 0 Å². The van der Waals surface area contributed by atoms with Crippen LogP contribution in [0.4, 0.5) is 0 Å². The van der Waals surface area contributed by atoms with Gasteiger partial charge in [-0.3, -0.25) is 0 Å². The third kappa shape index (κ3) is 3.44. The van der Waals surface area contributed by atoms with E-state index >= 15 is 0 Å². The fourth-order valence-electron chi connectivity index (χ4n) is 1.10. The van der Waals surface area contributed by atoms with E-state index in [2.05, 4.69) is 0 Å². The Bertz CT molecular complexity index is 280. The van der Waals surface area contributed by atoms with Crippen LogP contribution in [0, 0.1) is 0 Å². The van der Waals surface area contributed by atoms with Crippen molar-refractivity contribution in [1.82, 2.24) is 0 Å². The van der Waals surface area contributed by atoms with Crippen molar-refractivity contribution in [2.45, 2.75) is 13.2 Å². The molecule has 2 nitrogen and oxygen atoms in total. The summed E-state index contributed by atoms with van der Waals surface area (Å²) in [5, 5.41) is 17.3. The van der Waals surface area contributed by atoms with Gasteiger partial charge in [-0.2, -0.15) is 0 Å². The molecule has 1 aromatic rings. The SMILES string of the molecule is C/C(=C\CB(O)O)c1ccccc1. The number of hydrogen-bond donors (Lipinski definition) is 2. The lowest BCUT2D eigenvalue weighted by atomic mass is 9.85. The van der Waals surface area contributed by atoms with Crippen LogP contribution in [0.3, 0.4) is 0 Å². The maximum atomic E-state index is 8.66. The van der Waals surface area contributed by atoms with E-state index in [-0.39, 0.29) is 6.32 Å². The minimum atomic E-state index is -1.25. The molecule has 0 aromatic heterocycles. The van der Waals surface area contributed by atoms with Gasteiger partial charge in [-0.15, -0.1) is 0 Å². The molecule has 0 spiro atoms. The topological polar surface area (TPSA) is 40.5 Å². The van der Waals surface area contributed by atoms with Crippen LogP contribution >= 0.6 is 0 Å². The summed E-state index contributed by atoms with van der Waals surface area (Å²) in [6.45, 7) is 1.96. The van der Waals surface area contributed by atoms with Crippen molar-refractivity contribution >= 4 is 12.7 Å². The summed E-state index contributed by atoms with van der Waals surface area (Å²) in [7, 11) is -1.25. The van der Waals surface area contributed by atoms with E-state index in [0.29, 0.717) is 0 Å². The standard InChI is InChI=1S/C10H13BO2/c1-9(7-8-11(12)13)10-5-3-2-4-6-10/h2-7,12-13H,8H2,1H3/b9-7+. The Morgan fingerprint density at radius 3 is 2.46 bits per heavy atom. The molecule has 0 unspecified atom stereocenters. The highest BCUT2D eigenvalue weighted by Gasteiger charge is 2.03. The molecule has 0 fully saturated rings. The molecule has 0 heterocycles. The van der Waals surface area contributed by atoms with Gasteiger partial charge in [-0.25, -0.2) is 0 Å². The van der Waals surface area contributed by atoms with E-state index in [1.165, 1.54) is 0 Å². The second kappa shape index (κ2) is 4.85. The van der Waals surface area contributed by atoms with Crippen molar-refractivity contribution < 1.29 is 10.0 Å². The molecule has 13 heavy (non-hydrogen) atoms. The first kappa shape index (κ1) is 10.0. The smallest absolute Gasteiger partial charge is 0.427 e. The summed E-state index contributed by atoms with van der Waals surface area (Å²) in [4.78, 5) is 0. The summed E-state index contributed by atoms with van der Waals surface area (Å²) in [6, 6.07) is 9.87. The van der Waals surface area contributed by atoms with E-state index in [9.17, 15) is 0 Å². The van der Waals surface area contributed by atoms with E-state index in [1.54, 1.807) is 0 Å². The zero-order chi connectivity index (χ0) is 9.68. The average Bonchev–Trinajstić information content (AvgIpc) is 2.15. The second-order valence-electron chi connectivity index (χ2n) is 2.97. The second-order valence-corrected chi connectivity index (χ2v) is 2.97. The number of benzene rings is 1. The molecule has 1 rings (SSSR count). The number of allylic oxidation sites excluding steroid dienone is 2. The van der Waals surface area contributed by atoms with Gasteiger partial charge in [0.05, 0.1) is 0 Å². The third-order valence-corrected chi connectivity index (χ3v) is 1.86. The Hall–Kier alpha value is -1.06. The Morgan fingerprint density at radius 1 is 1.31 bits per heavy atom. The first-order chi connectivity index (χ1) is 6.20. The molecule has 0 amide bonds. The molecule has 0 radical (unpaired) electrons. The Balaban J connectivity index is 2.68. The quantitative estimate of drug-likeness (QED) is 0.686. The monoisotopic (exact) mass is 176 g/mol. The number of rotatable bonds is 3. The molecule has 0 saturated carbocycles. The third-order valence-electron chi connectivity index (χ3n) is 1.86. The maximum Gasteiger partial charge on any atom is 0.455 e. The molecule has 1 aromatic carbocycles. The van der Waals surface area contributed by atoms with Gasteiger partial charge in [-0.05, 0) is 18.1 Å². The minimum Gasteiger partial charge on any atom is -0.427 e. The van der Waals surface area contributed by atoms with Crippen LogP contribution in [0.1, 0.15) is 12.5 Å². The highest BCUT2D eigenvalue weighted by atomic mass is 16.4. The van der Waals surface area contributed by atoms with Crippen LogP contribution < -0.4 is 0 Å². The largest absolute Gasteiger partial charge is 0.455 e. The molecular formula is C10H13BO2. The zero-order valence-corrected chi connectivity index (χ0v) is 7.64. The lowest BCUT2D eigenvalue weighted by Crippen LogP contribution is -2.07. The summed E-state index contributed by atoms with van der Waals surface area (Å²) in [5.41, 5.74) is 2.18. The van der Waals surface area contributed by atoms with Crippen molar-refractivity contribution in [2.75, 3.05) is 0 Å². The molecule has 68 valence electrons. The van der Waals surface area contributed by atoms with Crippen molar-refractivity contribution in [3.8, 4) is 0 Å². The van der Waals surface area contributed by atoms with Crippen LogP contribution in [0.5, 0.6) is 0 Å². The van der Waals surface area contributed by atoms with Crippen LogP contribution in [0.15, 0.2) is 36.4 Å². The maximum absolute atomic E-state index is 8.66. The van der Waals surface area contributed by atoms with Gasteiger partial charge in [0.1, 0.15) is 0 Å². The normalized spacial score (nSPS) is 11.5. The van der Waals surface area contributed by atoms with E-state index in [1.807, 2.05) is 43.3 Å².